The van der Waals surface area contributed by atoms with Gasteiger partial charge in [-0.3, -0.25) is 4.79 Å². The van der Waals surface area contributed by atoms with Crippen LogP contribution < -0.4 is 5.73 Å². The second kappa shape index (κ2) is 10.6. The highest BCUT2D eigenvalue weighted by atomic mass is 16.2. The molecule has 3 heteroatoms. The van der Waals surface area contributed by atoms with Gasteiger partial charge in [0.05, 0.1) is 6.04 Å². The fourth-order valence-electron chi connectivity index (χ4n) is 1.85. The van der Waals surface area contributed by atoms with Crippen LogP contribution in [0.2, 0.25) is 0 Å². The van der Waals surface area contributed by atoms with Crippen molar-refractivity contribution in [3.05, 3.63) is 0 Å². The van der Waals surface area contributed by atoms with E-state index in [1.807, 2.05) is 11.8 Å². The maximum Gasteiger partial charge on any atom is 0.239 e. The highest BCUT2D eigenvalue weighted by molar-refractivity contribution is 5.81. The molecule has 17 heavy (non-hydrogen) atoms. The molecule has 0 rings (SSSR count). The number of amides is 1. The molecule has 0 heterocycles. The lowest BCUT2D eigenvalue weighted by Gasteiger charge is -2.25. The summed E-state index contributed by atoms with van der Waals surface area (Å²) in [4.78, 5) is 14.0. The Hall–Kier alpha value is -0.570. The predicted molar refractivity (Wildman–Crippen MR) is 73.9 cm³/mol. The van der Waals surface area contributed by atoms with E-state index in [1.165, 1.54) is 25.7 Å². The molecule has 2 N–H and O–H groups in total. The smallest absolute Gasteiger partial charge is 0.239 e. The number of rotatable bonds is 10. The molecule has 0 aromatic heterocycles. The first-order chi connectivity index (χ1) is 8.17. The molecule has 1 unspecified atom stereocenters. The topological polar surface area (TPSA) is 46.3 Å². The molecule has 0 radical (unpaired) electrons. The number of hydrogen-bond acceptors (Lipinski definition) is 2. The highest BCUT2D eigenvalue weighted by Gasteiger charge is 2.18. The van der Waals surface area contributed by atoms with Crippen LogP contribution in [0.3, 0.4) is 0 Å². The van der Waals surface area contributed by atoms with Crippen LogP contribution in [0.15, 0.2) is 0 Å². The van der Waals surface area contributed by atoms with Crippen LogP contribution in [0.25, 0.3) is 0 Å². The number of hydrogen-bond donors (Lipinski definition) is 1. The highest BCUT2D eigenvalue weighted by Crippen LogP contribution is 2.05. The summed E-state index contributed by atoms with van der Waals surface area (Å²) in [5, 5.41) is 0. The fraction of sp³-hybridized carbons (Fsp3) is 0.929. The first-order valence-electron chi connectivity index (χ1n) is 7.21. The minimum absolute atomic E-state index is 0.139. The molecule has 0 aromatic carbocycles. The Kier molecular flexibility index (Phi) is 10.2. The molecule has 0 aromatic rings. The Balaban J connectivity index is 4.12. The van der Waals surface area contributed by atoms with Gasteiger partial charge in [0.1, 0.15) is 0 Å². The summed E-state index contributed by atoms with van der Waals surface area (Å²) in [7, 11) is 0. The van der Waals surface area contributed by atoms with Gasteiger partial charge >= 0.3 is 0 Å². The number of unbranched alkanes of at least 4 members (excludes halogenated alkanes) is 4. The Morgan fingerprint density at radius 1 is 1.00 bits per heavy atom. The van der Waals surface area contributed by atoms with Crippen LogP contribution >= 0.6 is 0 Å². The van der Waals surface area contributed by atoms with Gasteiger partial charge in [0.15, 0.2) is 0 Å². The molecule has 1 atom stereocenters. The van der Waals surface area contributed by atoms with Crippen molar-refractivity contribution in [2.24, 2.45) is 5.73 Å². The van der Waals surface area contributed by atoms with Gasteiger partial charge in [-0.15, -0.1) is 0 Å². The standard InChI is InChI=1S/C14H30N2O/c1-4-7-9-11-16(12-10-8-5-2)14(17)13(15)6-3/h13H,4-12,15H2,1-3H3. The van der Waals surface area contributed by atoms with E-state index in [-0.39, 0.29) is 11.9 Å². The second-order valence-corrected chi connectivity index (χ2v) is 4.75. The largest absolute Gasteiger partial charge is 0.341 e. The van der Waals surface area contributed by atoms with Gasteiger partial charge in [0.25, 0.3) is 0 Å². The number of carbonyl (C=O) groups excluding carboxylic acids is 1. The quantitative estimate of drug-likeness (QED) is 0.599. The fourth-order valence-corrected chi connectivity index (χ4v) is 1.85. The van der Waals surface area contributed by atoms with Crippen LogP contribution in [0, 0.1) is 0 Å². The Morgan fingerprint density at radius 3 is 1.82 bits per heavy atom. The van der Waals surface area contributed by atoms with E-state index in [4.69, 9.17) is 5.73 Å². The molecule has 0 fully saturated rings. The maximum absolute atomic E-state index is 12.1. The lowest BCUT2D eigenvalue weighted by atomic mass is 10.1. The van der Waals surface area contributed by atoms with Gasteiger partial charge < -0.3 is 10.6 Å². The first kappa shape index (κ1) is 16.4. The van der Waals surface area contributed by atoms with E-state index in [2.05, 4.69) is 13.8 Å². The molecule has 1 amide bonds. The first-order valence-corrected chi connectivity index (χ1v) is 7.21. The van der Waals surface area contributed by atoms with Crippen LogP contribution in [-0.4, -0.2) is 29.9 Å². The van der Waals surface area contributed by atoms with Crippen molar-refractivity contribution in [2.45, 2.75) is 71.8 Å². The molecule has 3 nitrogen and oxygen atoms in total. The van der Waals surface area contributed by atoms with Crippen LogP contribution in [0.5, 0.6) is 0 Å². The zero-order valence-corrected chi connectivity index (χ0v) is 11.9. The van der Waals surface area contributed by atoms with Crippen molar-refractivity contribution in [3.8, 4) is 0 Å². The molecule has 0 saturated carbocycles. The molecular weight excluding hydrogens is 212 g/mol. The van der Waals surface area contributed by atoms with Gasteiger partial charge in [-0.25, -0.2) is 0 Å². The van der Waals surface area contributed by atoms with Crippen molar-refractivity contribution in [2.75, 3.05) is 13.1 Å². The van der Waals surface area contributed by atoms with Gasteiger partial charge in [0, 0.05) is 13.1 Å². The van der Waals surface area contributed by atoms with Crippen molar-refractivity contribution in [1.82, 2.24) is 4.90 Å². The Bertz CT molecular complexity index is 185. The predicted octanol–water partition coefficient (Wildman–Crippen LogP) is 2.93. The molecule has 102 valence electrons. The summed E-state index contributed by atoms with van der Waals surface area (Å²) in [6, 6.07) is -0.307. The maximum atomic E-state index is 12.1. The number of carbonyl (C=O) groups is 1. The summed E-state index contributed by atoms with van der Waals surface area (Å²) in [6.45, 7) is 8.09. The summed E-state index contributed by atoms with van der Waals surface area (Å²) in [6.07, 6.45) is 7.71. The molecule has 0 aliphatic heterocycles. The molecule has 0 bridgehead atoms. The van der Waals surface area contributed by atoms with E-state index in [9.17, 15) is 4.79 Å². The number of nitrogens with zero attached hydrogens (tertiary/aromatic N) is 1. The molecular formula is C14H30N2O. The van der Waals surface area contributed by atoms with E-state index in [1.54, 1.807) is 0 Å². The SMILES string of the molecule is CCCCCN(CCCCC)C(=O)C(N)CC. The minimum atomic E-state index is -0.307. The third-order valence-electron chi connectivity index (χ3n) is 3.13. The van der Waals surface area contributed by atoms with Crippen molar-refractivity contribution in [3.63, 3.8) is 0 Å². The lowest BCUT2D eigenvalue weighted by Crippen LogP contribution is -2.44. The summed E-state index contributed by atoms with van der Waals surface area (Å²) < 4.78 is 0. The average Bonchev–Trinajstić information content (AvgIpc) is 2.35. The van der Waals surface area contributed by atoms with Crippen molar-refractivity contribution < 1.29 is 4.79 Å². The third kappa shape index (κ3) is 7.37. The third-order valence-corrected chi connectivity index (χ3v) is 3.13. The Labute approximate surface area is 107 Å². The molecule has 0 aliphatic rings. The Morgan fingerprint density at radius 2 is 1.47 bits per heavy atom. The van der Waals surface area contributed by atoms with Crippen LogP contribution in [0.4, 0.5) is 0 Å². The van der Waals surface area contributed by atoms with Crippen LogP contribution in [0.1, 0.15) is 65.7 Å². The van der Waals surface area contributed by atoms with Crippen LogP contribution in [-0.2, 0) is 4.79 Å². The van der Waals surface area contributed by atoms with Gasteiger partial charge in [0.2, 0.25) is 5.91 Å². The molecule has 0 aliphatic carbocycles. The van der Waals surface area contributed by atoms with Crippen molar-refractivity contribution >= 4 is 5.91 Å². The van der Waals surface area contributed by atoms with Gasteiger partial charge in [-0.05, 0) is 19.3 Å². The normalized spacial score (nSPS) is 12.5. The molecule has 0 spiro atoms. The average molecular weight is 242 g/mol. The second-order valence-electron chi connectivity index (χ2n) is 4.75. The monoisotopic (exact) mass is 242 g/mol. The van der Waals surface area contributed by atoms with E-state index in [0.29, 0.717) is 0 Å². The van der Waals surface area contributed by atoms with Gasteiger partial charge in [-0.2, -0.15) is 0 Å². The summed E-state index contributed by atoms with van der Waals surface area (Å²) in [5.41, 5.74) is 5.83. The minimum Gasteiger partial charge on any atom is -0.341 e. The summed E-state index contributed by atoms with van der Waals surface area (Å²) >= 11 is 0. The zero-order valence-electron chi connectivity index (χ0n) is 11.9. The van der Waals surface area contributed by atoms with E-state index >= 15 is 0 Å². The van der Waals surface area contributed by atoms with Gasteiger partial charge in [-0.1, -0.05) is 46.5 Å². The number of nitrogens with two attached hydrogens (primary N) is 1. The van der Waals surface area contributed by atoms with Crippen molar-refractivity contribution in [1.29, 1.82) is 0 Å². The zero-order chi connectivity index (χ0) is 13.1. The lowest BCUT2D eigenvalue weighted by molar-refractivity contribution is -0.132. The van der Waals surface area contributed by atoms with E-state index < -0.39 is 0 Å². The summed E-state index contributed by atoms with van der Waals surface area (Å²) in [5.74, 6) is 0.139. The van der Waals surface area contributed by atoms with E-state index in [0.717, 1.165) is 32.4 Å². The molecule has 0 saturated heterocycles.